The fourth-order valence-corrected chi connectivity index (χ4v) is 3.42. The van der Waals surface area contributed by atoms with Crippen LogP contribution in [0.25, 0.3) is 0 Å². The summed E-state index contributed by atoms with van der Waals surface area (Å²) >= 11 is 1.63. The van der Waals surface area contributed by atoms with Crippen LogP contribution in [0, 0.1) is 0 Å². The Morgan fingerprint density at radius 1 is 1.20 bits per heavy atom. The number of thioether (sulfide) groups is 1. The first-order chi connectivity index (χ1) is 12.1. The quantitative estimate of drug-likeness (QED) is 0.622. The van der Waals surface area contributed by atoms with Gasteiger partial charge in [-0.3, -0.25) is 9.69 Å². The number of rotatable bonds is 9. The van der Waals surface area contributed by atoms with Gasteiger partial charge in [0.1, 0.15) is 6.04 Å². The molecule has 1 atom stereocenters. The van der Waals surface area contributed by atoms with E-state index >= 15 is 0 Å². The van der Waals surface area contributed by atoms with Crippen molar-refractivity contribution in [2.75, 3.05) is 25.1 Å². The lowest BCUT2D eigenvalue weighted by Gasteiger charge is -2.17. The lowest BCUT2D eigenvalue weighted by atomic mass is 10.1. The van der Waals surface area contributed by atoms with Crippen LogP contribution in [-0.4, -0.2) is 48.0 Å². The van der Waals surface area contributed by atoms with E-state index in [0.29, 0.717) is 13.0 Å². The van der Waals surface area contributed by atoms with E-state index in [0.717, 1.165) is 17.9 Å². The molecule has 1 aliphatic rings. The molecule has 4 N–H and O–H groups in total. The normalized spacial score (nSPS) is 15.7. The van der Waals surface area contributed by atoms with Gasteiger partial charge >= 0.3 is 6.03 Å². The zero-order chi connectivity index (χ0) is 18.1. The molecule has 6 nitrogen and oxygen atoms in total. The van der Waals surface area contributed by atoms with Crippen molar-refractivity contribution >= 4 is 23.7 Å². The highest BCUT2D eigenvalue weighted by molar-refractivity contribution is 7.98. The first-order valence-electron chi connectivity index (χ1n) is 8.71. The van der Waals surface area contributed by atoms with Crippen LogP contribution in [0.5, 0.6) is 0 Å². The van der Waals surface area contributed by atoms with E-state index in [1.807, 2.05) is 18.4 Å². The second-order valence-corrected chi connectivity index (χ2v) is 7.35. The molecule has 1 aromatic carbocycles. The van der Waals surface area contributed by atoms with E-state index in [4.69, 9.17) is 5.73 Å². The van der Waals surface area contributed by atoms with Gasteiger partial charge in [0, 0.05) is 13.1 Å². The van der Waals surface area contributed by atoms with Crippen LogP contribution in [-0.2, 0) is 17.9 Å². The number of hydrogen-bond donors (Lipinski definition) is 3. The lowest BCUT2D eigenvalue weighted by Crippen LogP contribution is -2.48. The summed E-state index contributed by atoms with van der Waals surface area (Å²) in [6.45, 7) is 3.80. The fourth-order valence-electron chi connectivity index (χ4n) is 2.95. The summed E-state index contributed by atoms with van der Waals surface area (Å²) < 4.78 is 0. The minimum absolute atomic E-state index is 0.200. The Bertz CT molecular complexity index is 559. The molecule has 0 aromatic heterocycles. The number of nitrogens with zero attached hydrogens (tertiary/aromatic N) is 1. The molecule has 138 valence electrons. The van der Waals surface area contributed by atoms with Crippen molar-refractivity contribution < 1.29 is 9.59 Å². The molecule has 0 radical (unpaired) electrons. The van der Waals surface area contributed by atoms with Gasteiger partial charge in [0.15, 0.2) is 0 Å². The summed E-state index contributed by atoms with van der Waals surface area (Å²) in [5.74, 6) is 0.581. The maximum absolute atomic E-state index is 12.3. The van der Waals surface area contributed by atoms with Gasteiger partial charge in [-0.15, -0.1) is 0 Å². The number of urea groups is 1. The Morgan fingerprint density at radius 2 is 1.84 bits per heavy atom. The molecule has 7 heteroatoms. The molecule has 1 saturated heterocycles. The van der Waals surface area contributed by atoms with Crippen molar-refractivity contribution in [2.45, 2.75) is 38.4 Å². The zero-order valence-electron chi connectivity index (χ0n) is 14.8. The Hall–Kier alpha value is -1.73. The van der Waals surface area contributed by atoms with Crippen LogP contribution in [0.1, 0.15) is 30.4 Å². The summed E-state index contributed by atoms with van der Waals surface area (Å²) in [6, 6.07) is 7.07. The van der Waals surface area contributed by atoms with Crippen LogP contribution < -0.4 is 16.4 Å². The van der Waals surface area contributed by atoms with Crippen molar-refractivity contribution in [3.8, 4) is 0 Å². The number of carbonyl (C=O) groups is 2. The van der Waals surface area contributed by atoms with Crippen LogP contribution >= 0.6 is 11.8 Å². The van der Waals surface area contributed by atoms with Gasteiger partial charge in [-0.05, 0) is 55.5 Å². The molecule has 1 heterocycles. The summed E-state index contributed by atoms with van der Waals surface area (Å²) in [6.07, 6.45) is 5.11. The Kier molecular flexibility index (Phi) is 8.08. The molecule has 0 bridgehead atoms. The van der Waals surface area contributed by atoms with Crippen molar-refractivity contribution in [1.82, 2.24) is 15.5 Å². The van der Waals surface area contributed by atoms with Crippen molar-refractivity contribution in [3.05, 3.63) is 35.4 Å². The largest absolute Gasteiger partial charge is 0.352 e. The summed E-state index contributed by atoms with van der Waals surface area (Å²) in [4.78, 5) is 25.8. The minimum atomic E-state index is -0.674. The van der Waals surface area contributed by atoms with Crippen molar-refractivity contribution in [2.24, 2.45) is 5.73 Å². The summed E-state index contributed by atoms with van der Waals surface area (Å²) in [7, 11) is 0. The number of likely N-dealkylation sites (tertiary alicyclic amines) is 1. The van der Waals surface area contributed by atoms with Crippen LogP contribution in [0.15, 0.2) is 24.3 Å². The van der Waals surface area contributed by atoms with E-state index in [9.17, 15) is 9.59 Å². The van der Waals surface area contributed by atoms with Gasteiger partial charge in [0.2, 0.25) is 5.91 Å². The van der Waals surface area contributed by atoms with Crippen LogP contribution in [0.4, 0.5) is 4.79 Å². The number of carbonyl (C=O) groups excluding carboxylic acids is 2. The number of amides is 3. The number of nitrogens with one attached hydrogen (secondary N) is 2. The SMILES string of the molecule is CSCCC(NC(N)=O)C(=O)NCc1ccc(CN2CCCC2)cc1. The highest BCUT2D eigenvalue weighted by atomic mass is 32.2. The monoisotopic (exact) mass is 364 g/mol. The molecule has 0 spiro atoms. The third kappa shape index (κ3) is 6.96. The average Bonchev–Trinajstić information content (AvgIpc) is 3.10. The van der Waals surface area contributed by atoms with E-state index in [2.05, 4.69) is 27.7 Å². The molecular formula is C18H28N4O2S. The standard InChI is InChI=1S/C18H28N4O2S/c1-25-11-8-16(21-18(19)24)17(23)20-12-14-4-6-15(7-5-14)13-22-9-2-3-10-22/h4-7,16H,2-3,8-13H2,1H3,(H,20,23)(H3,19,21,24). The lowest BCUT2D eigenvalue weighted by molar-refractivity contribution is -0.123. The maximum atomic E-state index is 12.3. The molecule has 0 aliphatic carbocycles. The molecular weight excluding hydrogens is 336 g/mol. The van der Waals surface area contributed by atoms with Crippen LogP contribution in [0.3, 0.4) is 0 Å². The number of benzene rings is 1. The summed E-state index contributed by atoms with van der Waals surface area (Å²) in [5.41, 5.74) is 7.49. The first-order valence-corrected chi connectivity index (χ1v) is 10.1. The topological polar surface area (TPSA) is 87.5 Å². The van der Waals surface area contributed by atoms with Gasteiger partial charge in [0.05, 0.1) is 0 Å². The molecule has 2 rings (SSSR count). The molecule has 1 fully saturated rings. The minimum Gasteiger partial charge on any atom is -0.352 e. The Labute approximate surface area is 153 Å². The molecule has 25 heavy (non-hydrogen) atoms. The van der Waals surface area contributed by atoms with Gasteiger partial charge in [-0.1, -0.05) is 24.3 Å². The highest BCUT2D eigenvalue weighted by Crippen LogP contribution is 2.13. The Balaban J connectivity index is 1.81. The number of hydrogen-bond acceptors (Lipinski definition) is 4. The molecule has 1 aliphatic heterocycles. The first kappa shape index (κ1) is 19.6. The van der Waals surface area contributed by atoms with Crippen molar-refractivity contribution in [1.29, 1.82) is 0 Å². The smallest absolute Gasteiger partial charge is 0.312 e. The molecule has 1 unspecified atom stereocenters. The molecule has 1 aromatic rings. The van der Waals surface area contributed by atoms with Gasteiger partial charge < -0.3 is 16.4 Å². The van der Waals surface area contributed by atoms with E-state index in [1.165, 1.54) is 31.5 Å². The van der Waals surface area contributed by atoms with E-state index in [1.54, 1.807) is 11.8 Å². The maximum Gasteiger partial charge on any atom is 0.312 e. The second-order valence-electron chi connectivity index (χ2n) is 6.36. The predicted octanol–water partition coefficient (Wildman–Crippen LogP) is 1.69. The zero-order valence-corrected chi connectivity index (χ0v) is 15.6. The molecule has 3 amide bonds. The number of primary amides is 1. The molecule has 0 saturated carbocycles. The van der Waals surface area contributed by atoms with Gasteiger partial charge in [-0.25, -0.2) is 4.79 Å². The van der Waals surface area contributed by atoms with E-state index < -0.39 is 12.1 Å². The van der Waals surface area contributed by atoms with E-state index in [-0.39, 0.29) is 5.91 Å². The third-order valence-corrected chi connectivity index (χ3v) is 4.98. The Morgan fingerprint density at radius 3 is 2.44 bits per heavy atom. The summed E-state index contributed by atoms with van der Waals surface area (Å²) in [5, 5.41) is 5.39. The number of nitrogens with two attached hydrogens (primary N) is 1. The van der Waals surface area contributed by atoms with Crippen LogP contribution in [0.2, 0.25) is 0 Å². The highest BCUT2D eigenvalue weighted by Gasteiger charge is 2.19. The van der Waals surface area contributed by atoms with Gasteiger partial charge in [0.25, 0.3) is 0 Å². The third-order valence-electron chi connectivity index (χ3n) is 4.34. The fraction of sp³-hybridized carbons (Fsp3) is 0.556. The van der Waals surface area contributed by atoms with Gasteiger partial charge in [-0.2, -0.15) is 11.8 Å². The second kappa shape index (κ2) is 10.3. The predicted molar refractivity (Wildman–Crippen MR) is 102 cm³/mol. The average molecular weight is 365 g/mol. The van der Waals surface area contributed by atoms with Crippen molar-refractivity contribution in [3.63, 3.8) is 0 Å².